The van der Waals surface area contributed by atoms with Crippen molar-refractivity contribution in [2.45, 2.75) is 24.3 Å². The maximum absolute atomic E-state index is 9.89. The summed E-state index contributed by atoms with van der Waals surface area (Å²) in [6.45, 7) is 0.582. The third-order valence-electron chi connectivity index (χ3n) is 4.70. The summed E-state index contributed by atoms with van der Waals surface area (Å²) >= 11 is 1.61. The van der Waals surface area contributed by atoms with E-state index in [1.807, 2.05) is 48.5 Å². The van der Waals surface area contributed by atoms with Crippen molar-refractivity contribution in [2.75, 3.05) is 12.4 Å². The molecule has 134 valence electrons. The van der Waals surface area contributed by atoms with Crippen molar-refractivity contribution in [3.05, 3.63) is 77.5 Å². The molecule has 27 heavy (non-hydrogen) atoms. The first-order valence-electron chi connectivity index (χ1n) is 9.18. The molecule has 2 aromatic carbocycles. The molecule has 4 heteroatoms. The van der Waals surface area contributed by atoms with Gasteiger partial charge in [0.1, 0.15) is 16.8 Å². The number of benzene rings is 2. The van der Waals surface area contributed by atoms with Crippen LogP contribution in [0.1, 0.15) is 23.2 Å². The fourth-order valence-corrected chi connectivity index (χ4v) is 4.33. The van der Waals surface area contributed by atoms with Gasteiger partial charge in [0.2, 0.25) is 0 Å². The number of ether oxygens (including phenoxy) is 1. The maximum atomic E-state index is 9.89. The number of fused-ring (bicyclic) bond motifs is 1. The van der Waals surface area contributed by atoms with Crippen molar-refractivity contribution >= 4 is 11.8 Å². The summed E-state index contributed by atoms with van der Waals surface area (Å²) in [5, 5.41) is 10.7. The van der Waals surface area contributed by atoms with Gasteiger partial charge in [0, 0.05) is 17.0 Å². The van der Waals surface area contributed by atoms with Gasteiger partial charge in [-0.05, 0) is 42.5 Å². The summed E-state index contributed by atoms with van der Waals surface area (Å²) in [7, 11) is 0. The fourth-order valence-electron chi connectivity index (χ4n) is 3.50. The van der Waals surface area contributed by atoms with Crippen LogP contribution in [0.15, 0.2) is 65.7 Å². The van der Waals surface area contributed by atoms with Crippen LogP contribution in [0.4, 0.5) is 0 Å². The van der Waals surface area contributed by atoms with Crippen molar-refractivity contribution in [1.82, 2.24) is 4.98 Å². The number of thioether (sulfide) groups is 1. The Balaban J connectivity index is 1.59. The second kappa shape index (κ2) is 8.28. The minimum absolute atomic E-state index is 0.582. The molecule has 0 saturated heterocycles. The van der Waals surface area contributed by atoms with Crippen LogP contribution < -0.4 is 4.74 Å². The van der Waals surface area contributed by atoms with Gasteiger partial charge in [0.15, 0.2) is 0 Å². The SMILES string of the molecule is N#Cc1c(SCCOc2ccccc2)nc2c(c1-c1ccccc1)CCC2. The summed E-state index contributed by atoms with van der Waals surface area (Å²) < 4.78 is 5.78. The third-order valence-corrected chi connectivity index (χ3v) is 5.64. The van der Waals surface area contributed by atoms with E-state index in [0.29, 0.717) is 12.2 Å². The van der Waals surface area contributed by atoms with Gasteiger partial charge in [-0.2, -0.15) is 5.26 Å². The Morgan fingerprint density at radius 1 is 1.00 bits per heavy atom. The molecule has 0 fully saturated rings. The quantitative estimate of drug-likeness (QED) is 0.436. The van der Waals surface area contributed by atoms with Gasteiger partial charge in [-0.1, -0.05) is 48.5 Å². The number of hydrogen-bond acceptors (Lipinski definition) is 4. The molecule has 3 aromatic rings. The van der Waals surface area contributed by atoms with Gasteiger partial charge in [-0.15, -0.1) is 11.8 Å². The van der Waals surface area contributed by atoms with E-state index in [9.17, 15) is 5.26 Å². The fraction of sp³-hybridized carbons (Fsp3) is 0.217. The van der Waals surface area contributed by atoms with Crippen LogP contribution in [0.25, 0.3) is 11.1 Å². The Kier molecular flexibility index (Phi) is 5.41. The lowest BCUT2D eigenvalue weighted by Gasteiger charge is -2.14. The molecule has 0 N–H and O–H groups in total. The first kappa shape index (κ1) is 17.6. The Bertz CT molecular complexity index is 965. The molecule has 4 rings (SSSR count). The molecular weight excluding hydrogens is 352 g/mol. The third kappa shape index (κ3) is 3.84. The van der Waals surface area contributed by atoms with Gasteiger partial charge in [0.25, 0.3) is 0 Å². The molecule has 0 radical (unpaired) electrons. The lowest BCUT2D eigenvalue weighted by atomic mass is 9.95. The molecule has 0 aliphatic heterocycles. The Hall–Kier alpha value is -2.77. The zero-order chi connectivity index (χ0) is 18.5. The molecule has 0 spiro atoms. The minimum Gasteiger partial charge on any atom is -0.493 e. The molecule has 1 aliphatic carbocycles. The van der Waals surface area contributed by atoms with E-state index in [-0.39, 0.29) is 0 Å². The van der Waals surface area contributed by atoms with Crippen LogP contribution in [0, 0.1) is 11.3 Å². The smallest absolute Gasteiger partial charge is 0.119 e. The lowest BCUT2D eigenvalue weighted by Crippen LogP contribution is -2.04. The highest BCUT2D eigenvalue weighted by molar-refractivity contribution is 7.99. The maximum Gasteiger partial charge on any atom is 0.119 e. The zero-order valence-electron chi connectivity index (χ0n) is 15.0. The first-order valence-corrected chi connectivity index (χ1v) is 10.2. The standard InChI is InChI=1S/C23H20N2OS/c24-16-20-22(17-8-3-1-4-9-17)19-12-7-13-21(19)25-23(20)27-15-14-26-18-10-5-2-6-11-18/h1-6,8-11H,7,12-15H2. The van der Waals surface area contributed by atoms with E-state index in [1.54, 1.807) is 11.8 Å². The van der Waals surface area contributed by atoms with Crippen LogP contribution in [0.2, 0.25) is 0 Å². The summed E-state index contributed by atoms with van der Waals surface area (Å²) in [5.74, 6) is 1.62. The van der Waals surface area contributed by atoms with E-state index in [0.717, 1.165) is 52.6 Å². The number of hydrogen-bond donors (Lipinski definition) is 0. The van der Waals surface area contributed by atoms with Crippen molar-refractivity contribution < 1.29 is 4.74 Å². The Morgan fingerprint density at radius 2 is 1.74 bits per heavy atom. The largest absolute Gasteiger partial charge is 0.493 e. The van der Waals surface area contributed by atoms with Crippen molar-refractivity contribution in [3.8, 4) is 22.9 Å². The molecule has 0 atom stereocenters. The van der Waals surface area contributed by atoms with Crippen LogP contribution >= 0.6 is 11.8 Å². The van der Waals surface area contributed by atoms with Gasteiger partial charge in [-0.3, -0.25) is 0 Å². The molecular formula is C23H20N2OS. The van der Waals surface area contributed by atoms with E-state index in [2.05, 4.69) is 18.2 Å². The molecule has 1 heterocycles. The van der Waals surface area contributed by atoms with E-state index in [1.165, 1.54) is 5.56 Å². The van der Waals surface area contributed by atoms with Gasteiger partial charge in [0.05, 0.1) is 12.2 Å². The Morgan fingerprint density at radius 3 is 2.48 bits per heavy atom. The van der Waals surface area contributed by atoms with Crippen molar-refractivity contribution in [2.24, 2.45) is 0 Å². The number of nitrogens with zero attached hydrogens (tertiary/aromatic N) is 2. The monoisotopic (exact) mass is 372 g/mol. The second-order valence-electron chi connectivity index (χ2n) is 6.43. The van der Waals surface area contributed by atoms with Gasteiger partial charge < -0.3 is 4.74 Å². The second-order valence-corrected chi connectivity index (χ2v) is 7.52. The summed E-state index contributed by atoms with van der Waals surface area (Å²) in [5.41, 5.74) is 5.29. The highest BCUT2D eigenvalue weighted by atomic mass is 32.2. The average molecular weight is 372 g/mol. The Labute approximate surface area is 164 Å². The summed E-state index contributed by atoms with van der Waals surface area (Å²) in [4.78, 5) is 4.84. The van der Waals surface area contributed by atoms with E-state index in [4.69, 9.17) is 9.72 Å². The summed E-state index contributed by atoms with van der Waals surface area (Å²) in [6, 6.07) is 22.5. The number of aromatic nitrogens is 1. The van der Waals surface area contributed by atoms with Crippen LogP contribution in [0.3, 0.4) is 0 Å². The number of rotatable bonds is 6. The topological polar surface area (TPSA) is 45.9 Å². The van der Waals surface area contributed by atoms with Crippen molar-refractivity contribution in [3.63, 3.8) is 0 Å². The summed E-state index contributed by atoms with van der Waals surface area (Å²) in [6.07, 6.45) is 3.11. The number of nitriles is 1. The van der Waals surface area contributed by atoms with E-state index >= 15 is 0 Å². The number of para-hydroxylation sites is 1. The normalized spacial score (nSPS) is 12.4. The minimum atomic E-state index is 0.582. The molecule has 0 unspecified atom stereocenters. The molecule has 0 saturated carbocycles. The molecule has 1 aliphatic rings. The zero-order valence-corrected chi connectivity index (χ0v) is 15.8. The highest BCUT2D eigenvalue weighted by Crippen LogP contribution is 2.38. The van der Waals surface area contributed by atoms with E-state index < -0.39 is 0 Å². The number of aryl methyl sites for hydroxylation is 1. The van der Waals surface area contributed by atoms with Crippen molar-refractivity contribution in [1.29, 1.82) is 5.26 Å². The molecule has 3 nitrogen and oxygen atoms in total. The first-order chi connectivity index (χ1) is 13.4. The molecule has 0 amide bonds. The molecule has 0 bridgehead atoms. The average Bonchev–Trinajstić information content (AvgIpc) is 3.19. The number of pyridine rings is 1. The van der Waals surface area contributed by atoms with Gasteiger partial charge in [-0.25, -0.2) is 4.98 Å². The lowest BCUT2D eigenvalue weighted by molar-refractivity contribution is 0.344. The van der Waals surface area contributed by atoms with Crippen LogP contribution in [-0.2, 0) is 12.8 Å². The highest BCUT2D eigenvalue weighted by Gasteiger charge is 2.24. The predicted molar refractivity (Wildman–Crippen MR) is 109 cm³/mol. The molecule has 1 aromatic heterocycles. The van der Waals surface area contributed by atoms with Crippen LogP contribution in [-0.4, -0.2) is 17.3 Å². The van der Waals surface area contributed by atoms with Crippen LogP contribution in [0.5, 0.6) is 5.75 Å². The predicted octanol–water partition coefficient (Wildman–Crippen LogP) is 5.28. The van der Waals surface area contributed by atoms with Gasteiger partial charge >= 0.3 is 0 Å².